The Hall–Kier alpha value is -0.120. The number of methoxy groups -OCH3 is 2. The molecule has 0 radical (unpaired) electrons. The third-order valence-corrected chi connectivity index (χ3v) is 2.75. The molecular formula is C7H14NO2+. The fourth-order valence-corrected chi connectivity index (χ4v) is 1.77. The number of nitrogens with zero attached hydrogens (tertiary/aromatic N) is 1. The maximum Gasteiger partial charge on any atom is 0.269 e. The first-order valence-electron chi connectivity index (χ1n) is 3.70. The highest BCUT2D eigenvalue weighted by molar-refractivity contribution is 4.84. The van der Waals surface area contributed by atoms with Gasteiger partial charge in [0.1, 0.15) is 26.2 Å². The molecule has 2 rings (SSSR count). The Morgan fingerprint density at radius 1 is 1.10 bits per heavy atom. The molecule has 0 amide bonds. The summed E-state index contributed by atoms with van der Waals surface area (Å²) < 4.78 is 11.8. The van der Waals surface area contributed by atoms with Crippen molar-refractivity contribution in [2.24, 2.45) is 0 Å². The second kappa shape index (κ2) is 1.72. The Balaban J connectivity index is 1.95. The summed E-state index contributed by atoms with van der Waals surface area (Å²) in [6.07, 6.45) is 0. The van der Waals surface area contributed by atoms with Gasteiger partial charge in [0, 0.05) is 14.2 Å². The smallest absolute Gasteiger partial charge is 0.269 e. The van der Waals surface area contributed by atoms with Crippen LogP contribution in [0.5, 0.6) is 0 Å². The minimum atomic E-state index is -0.226. The minimum absolute atomic E-state index is 0.226. The van der Waals surface area contributed by atoms with Crippen molar-refractivity contribution in [2.45, 2.75) is 5.79 Å². The van der Waals surface area contributed by atoms with E-state index >= 15 is 0 Å². The Labute approximate surface area is 61.1 Å². The average molecular weight is 144 g/mol. The van der Waals surface area contributed by atoms with Gasteiger partial charge in [-0.3, -0.25) is 0 Å². The summed E-state index contributed by atoms with van der Waals surface area (Å²) in [6.45, 7) is 4.77. The Bertz CT molecular complexity index is 140. The molecule has 0 atom stereocenters. The molecule has 0 N–H and O–H groups in total. The highest BCUT2D eigenvalue weighted by Gasteiger charge is 2.64. The third kappa shape index (κ3) is 0.713. The van der Waals surface area contributed by atoms with Crippen LogP contribution in [-0.2, 0) is 9.47 Å². The standard InChI is InChI=1S/C7H14NO2/c1-9-7(10-2)5-8(6-7)3-4-8/h3-6H2,1-2H3/q+1. The van der Waals surface area contributed by atoms with Gasteiger partial charge in [0.25, 0.3) is 5.79 Å². The molecule has 0 aromatic carbocycles. The molecule has 0 saturated carbocycles. The average Bonchev–Trinajstić information content (AvgIpc) is 2.63. The third-order valence-electron chi connectivity index (χ3n) is 2.75. The van der Waals surface area contributed by atoms with Crippen LogP contribution in [-0.4, -0.2) is 50.7 Å². The van der Waals surface area contributed by atoms with Gasteiger partial charge >= 0.3 is 0 Å². The summed E-state index contributed by atoms with van der Waals surface area (Å²) in [5, 5.41) is 0. The molecule has 2 aliphatic rings. The first-order chi connectivity index (χ1) is 4.74. The molecule has 2 aliphatic heterocycles. The van der Waals surface area contributed by atoms with Gasteiger partial charge in [-0.15, -0.1) is 0 Å². The molecule has 1 spiro atoms. The van der Waals surface area contributed by atoms with Gasteiger partial charge in [0.15, 0.2) is 0 Å². The molecule has 3 nitrogen and oxygen atoms in total. The van der Waals surface area contributed by atoms with Crippen molar-refractivity contribution in [3.63, 3.8) is 0 Å². The van der Waals surface area contributed by atoms with Crippen LogP contribution < -0.4 is 0 Å². The molecule has 2 saturated heterocycles. The van der Waals surface area contributed by atoms with Gasteiger partial charge in [-0.05, 0) is 0 Å². The SMILES string of the molecule is COC1(OC)C[N+]2(CC2)C1. The monoisotopic (exact) mass is 144 g/mol. The van der Waals surface area contributed by atoms with E-state index < -0.39 is 0 Å². The molecule has 3 heteroatoms. The zero-order valence-corrected chi connectivity index (χ0v) is 6.59. The van der Waals surface area contributed by atoms with Crippen LogP contribution >= 0.6 is 0 Å². The fourth-order valence-electron chi connectivity index (χ4n) is 1.77. The Morgan fingerprint density at radius 2 is 1.60 bits per heavy atom. The van der Waals surface area contributed by atoms with Gasteiger partial charge < -0.3 is 14.0 Å². The van der Waals surface area contributed by atoms with E-state index in [4.69, 9.17) is 9.47 Å². The second-order valence-electron chi connectivity index (χ2n) is 3.42. The number of rotatable bonds is 2. The predicted octanol–water partition coefficient (Wildman–Crippen LogP) is -0.181. The quantitative estimate of drug-likeness (QED) is 0.304. The van der Waals surface area contributed by atoms with Crippen LogP contribution in [0.2, 0.25) is 0 Å². The number of quaternary nitrogens is 1. The van der Waals surface area contributed by atoms with Gasteiger partial charge in [0.05, 0.1) is 0 Å². The molecule has 0 aromatic rings. The van der Waals surface area contributed by atoms with Crippen molar-refractivity contribution in [3.05, 3.63) is 0 Å². The van der Waals surface area contributed by atoms with Crippen LogP contribution in [0, 0.1) is 0 Å². The summed E-state index contributed by atoms with van der Waals surface area (Å²) >= 11 is 0. The van der Waals surface area contributed by atoms with Crippen LogP contribution in [0.4, 0.5) is 0 Å². The van der Waals surface area contributed by atoms with Gasteiger partial charge in [-0.2, -0.15) is 0 Å². The van der Waals surface area contributed by atoms with Crippen LogP contribution in [0.1, 0.15) is 0 Å². The topological polar surface area (TPSA) is 18.5 Å². The zero-order valence-electron chi connectivity index (χ0n) is 6.59. The zero-order chi connectivity index (χ0) is 7.24. The Kier molecular flexibility index (Phi) is 1.14. The summed E-state index contributed by atoms with van der Waals surface area (Å²) in [7, 11) is 3.45. The molecule has 10 heavy (non-hydrogen) atoms. The maximum absolute atomic E-state index is 5.26. The van der Waals surface area contributed by atoms with Crippen molar-refractivity contribution in [1.82, 2.24) is 0 Å². The minimum Gasteiger partial charge on any atom is -0.344 e. The first kappa shape index (κ1) is 6.58. The highest BCUT2D eigenvalue weighted by Crippen LogP contribution is 2.39. The van der Waals surface area contributed by atoms with Gasteiger partial charge in [0.2, 0.25) is 0 Å². The summed E-state index contributed by atoms with van der Waals surface area (Å²) in [4.78, 5) is 0. The maximum atomic E-state index is 5.26. The van der Waals surface area contributed by atoms with Crippen molar-refractivity contribution in [1.29, 1.82) is 0 Å². The van der Waals surface area contributed by atoms with E-state index in [2.05, 4.69) is 0 Å². The molecule has 2 heterocycles. The molecule has 0 aromatic heterocycles. The van der Waals surface area contributed by atoms with Crippen LogP contribution in [0.3, 0.4) is 0 Å². The lowest BCUT2D eigenvalue weighted by Gasteiger charge is -2.44. The molecule has 58 valence electrons. The van der Waals surface area contributed by atoms with Crippen LogP contribution in [0.15, 0.2) is 0 Å². The van der Waals surface area contributed by atoms with Crippen LogP contribution in [0.25, 0.3) is 0 Å². The second-order valence-corrected chi connectivity index (χ2v) is 3.42. The van der Waals surface area contributed by atoms with E-state index in [-0.39, 0.29) is 5.79 Å². The van der Waals surface area contributed by atoms with Crippen molar-refractivity contribution >= 4 is 0 Å². The molecular weight excluding hydrogens is 130 g/mol. The van der Waals surface area contributed by atoms with E-state index in [1.165, 1.54) is 17.6 Å². The highest BCUT2D eigenvalue weighted by atomic mass is 16.7. The Morgan fingerprint density at radius 3 is 1.90 bits per heavy atom. The van der Waals surface area contributed by atoms with E-state index in [1.54, 1.807) is 14.2 Å². The summed E-state index contributed by atoms with van der Waals surface area (Å²) in [6, 6.07) is 0. The lowest BCUT2D eigenvalue weighted by molar-refractivity contribution is -0.881. The van der Waals surface area contributed by atoms with E-state index in [0.717, 1.165) is 13.1 Å². The van der Waals surface area contributed by atoms with Gasteiger partial charge in [-0.1, -0.05) is 0 Å². The van der Waals surface area contributed by atoms with E-state index in [9.17, 15) is 0 Å². The first-order valence-corrected chi connectivity index (χ1v) is 3.70. The lowest BCUT2D eigenvalue weighted by Crippen LogP contribution is -2.66. The molecule has 0 unspecified atom stereocenters. The van der Waals surface area contributed by atoms with E-state index in [0.29, 0.717) is 0 Å². The molecule has 0 aliphatic carbocycles. The predicted molar refractivity (Wildman–Crippen MR) is 36.5 cm³/mol. The van der Waals surface area contributed by atoms with Crippen molar-refractivity contribution < 1.29 is 14.0 Å². The lowest BCUT2D eigenvalue weighted by atomic mass is 10.1. The van der Waals surface area contributed by atoms with Gasteiger partial charge in [-0.25, -0.2) is 0 Å². The summed E-state index contributed by atoms with van der Waals surface area (Å²) in [5.74, 6) is -0.226. The molecule has 0 bridgehead atoms. The summed E-state index contributed by atoms with van der Waals surface area (Å²) in [5.41, 5.74) is 0. The van der Waals surface area contributed by atoms with E-state index in [1.807, 2.05) is 0 Å². The normalized spacial score (nSPS) is 31.8. The number of hydrogen-bond donors (Lipinski definition) is 0. The number of ether oxygens (including phenoxy) is 2. The molecule has 2 fully saturated rings. The number of hydrogen-bond acceptors (Lipinski definition) is 2. The van der Waals surface area contributed by atoms with Crippen molar-refractivity contribution in [2.75, 3.05) is 40.4 Å². The largest absolute Gasteiger partial charge is 0.344 e. The van der Waals surface area contributed by atoms with Crippen molar-refractivity contribution in [3.8, 4) is 0 Å². The fraction of sp³-hybridized carbons (Fsp3) is 1.00.